The van der Waals surface area contributed by atoms with Crippen LogP contribution in [-0.4, -0.2) is 51.0 Å². The summed E-state index contributed by atoms with van der Waals surface area (Å²) in [5.41, 5.74) is -1.55. The third-order valence-corrected chi connectivity index (χ3v) is 9.82. The summed E-state index contributed by atoms with van der Waals surface area (Å²) in [7, 11) is -1.05. The number of ether oxygens (including phenoxy) is 2. The van der Waals surface area contributed by atoms with Crippen LogP contribution in [0.15, 0.2) is 0 Å². The summed E-state index contributed by atoms with van der Waals surface area (Å²) in [6.45, 7) is 15.3. The van der Waals surface area contributed by atoms with Crippen molar-refractivity contribution in [2.24, 2.45) is 5.92 Å². The highest BCUT2D eigenvalue weighted by molar-refractivity contribution is 6.74. The molecule has 0 saturated carbocycles. The molecule has 26 heavy (non-hydrogen) atoms. The van der Waals surface area contributed by atoms with Gasteiger partial charge in [-0.15, -0.1) is 0 Å². The molecule has 3 atom stereocenters. The molecule has 1 aliphatic rings. The summed E-state index contributed by atoms with van der Waals surface area (Å²) >= 11 is 0. The molecule has 0 spiro atoms. The maximum Gasteiger partial charge on any atom is 0.338 e. The molecule has 0 aromatic carbocycles. The van der Waals surface area contributed by atoms with Crippen molar-refractivity contribution in [2.75, 3.05) is 7.11 Å². The zero-order valence-electron chi connectivity index (χ0n) is 17.4. The highest BCUT2D eigenvalue weighted by Gasteiger charge is 2.63. The van der Waals surface area contributed by atoms with Gasteiger partial charge in [0.1, 0.15) is 6.10 Å². The monoisotopic (exact) mass is 387 g/mol. The van der Waals surface area contributed by atoms with Crippen LogP contribution in [0.25, 0.3) is 0 Å². The zero-order valence-corrected chi connectivity index (χ0v) is 18.4. The standard InChI is InChI=1S/C18H33NO6Si/c1-11(2)15(24-12(3)20)18(16(22)23-7)13(10-14(21)19-18)25-26(8,9)17(4,5)6/h11,13,15H,10H2,1-9H3,(H,19,21)/t13-,15-,18-/m0/s1. The van der Waals surface area contributed by atoms with Gasteiger partial charge in [0.15, 0.2) is 8.32 Å². The Kier molecular flexibility index (Phi) is 6.68. The molecule has 0 aliphatic carbocycles. The second kappa shape index (κ2) is 7.68. The molecular weight excluding hydrogens is 354 g/mol. The SMILES string of the molecule is COC(=O)[C@]1([C@@H](OC(C)=O)C(C)C)NC(=O)C[C@@H]1O[Si](C)(C)C(C)(C)C. The van der Waals surface area contributed by atoms with Crippen molar-refractivity contribution in [3.63, 3.8) is 0 Å². The Morgan fingerprint density at radius 1 is 1.27 bits per heavy atom. The van der Waals surface area contributed by atoms with Gasteiger partial charge in [-0.1, -0.05) is 34.6 Å². The first kappa shape index (κ1) is 22.6. The molecule has 1 N–H and O–H groups in total. The minimum Gasteiger partial charge on any atom is -0.467 e. The van der Waals surface area contributed by atoms with Gasteiger partial charge in [0.2, 0.25) is 11.4 Å². The topological polar surface area (TPSA) is 90.9 Å². The smallest absolute Gasteiger partial charge is 0.338 e. The molecule has 0 radical (unpaired) electrons. The molecule has 0 aromatic rings. The third kappa shape index (κ3) is 4.28. The first-order chi connectivity index (χ1) is 11.7. The fourth-order valence-corrected chi connectivity index (χ4v) is 4.35. The van der Waals surface area contributed by atoms with Gasteiger partial charge in [0.25, 0.3) is 0 Å². The number of carbonyl (C=O) groups excluding carboxylic acids is 3. The van der Waals surface area contributed by atoms with E-state index in [0.717, 1.165) is 0 Å². The van der Waals surface area contributed by atoms with Gasteiger partial charge in [-0.25, -0.2) is 4.79 Å². The molecule has 1 rings (SSSR count). The molecule has 0 unspecified atom stereocenters. The van der Waals surface area contributed by atoms with Gasteiger partial charge in [-0.2, -0.15) is 0 Å². The lowest BCUT2D eigenvalue weighted by Crippen LogP contribution is -2.68. The summed E-state index contributed by atoms with van der Waals surface area (Å²) in [4.78, 5) is 36.9. The number of esters is 2. The number of nitrogens with one attached hydrogen (secondary N) is 1. The Morgan fingerprint density at radius 2 is 1.81 bits per heavy atom. The number of hydrogen-bond donors (Lipinski definition) is 1. The van der Waals surface area contributed by atoms with Crippen LogP contribution >= 0.6 is 0 Å². The van der Waals surface area contributed by atoms with E-state index in [9.17, 15) is 14.4 Å². The molecule has 1 fully saturated rings. The van der Waals surface area contributed by atoms with Gasteiger partial charge >= 0.3 is 11.9 Å². The van der Waals surface area contributed by atoms with Crippen molar-refractivity contribution < 1.29 is 28.3 Å². The molecule has 1 saturated heterocycles. The normalized spacial score (nSPS) is 25.0. The lowest BCUT2D eigenvalue weighted by molar-refractivity contribution is -0.172. The first-order valence-corrected chi connectivity index (χ1v) is 11.8. The molecule has 0 bridgehead atoms. The summed E-state index contributed by atoms with van der Waals surface area (Å²) in [5, 5.41) is 2.62. The molecule has 1 aliphatic heterocycles. The number of methoxy groups -OCH3 is 1. The maximum atomic E-state index is 12.9. The van der Waals surface area contributed by atoms with E-state index in [1.54, 1.807) is 0 Å². The van der Waals surface area contributed by atoms with Gasteiger partial charge in [-0.3, -0.25) is 9.59 Å². The van der Waals surface area contributed by atoms with E-state index in [-0.39, 0.29) is 23.3 Å². The number of rotatable bonds is 6. The van der Waals surface area contributed by atoms with Crippen LogP contribution in [0, 0.1) is 5.92 Å². The van der Waals surface area contributed by atoms with Crippen molar-refractivity contribution in [3.05, 3.63) is 0 Å². The van der Waals surface area contributed by atoms with Gasteiger partial charge in [0.05, 0.1) is 19.6 Å². The van der Waals surface area contributed by atoms with E-state index in [1.807, 2.05) is 26.9 Å². The largest absolute Gasteiger partial charge is 0.467 e. The van der Waals surface area contributed by atoms with E-state index in [1.165, 1.54) is 14.0 Å². The summed E-state index contributed by atoms with van der Waals surface area (Å²) in [6.07, 6.45) is -1.64. The highest BCUT2D eigenvalue weighted by atomic mass is 28.4. The van der Waals surface area contributed by atoms with E-state index >= 15 is 0 Å². The Balaban J connectivity index is 3.47. The zero-order chi connectivity index (χ0) is 20.5. The van der Waals surface area contributed by atoms with Crippen LogP contribution < -0.4 is 5.32 Å². The highest BCUT2D eigenvalue weighted by Crippen LogP contribution is 2.42. The number of amides is 1. The van der Waals surface area contributed by atoms with Crippen LogP contribution in [-0.2, 0) is 28.3 Å². The first-order valence-electron chi connectivity index (χ1n) is 8.93. The minimum absolute atomic E-state index is 0.0199. The predicted molar refractivity (Wildman–Crippen MR) is 100.0 cm³/mol. The Morgan fingerprint density at radius 3 is 2.19 bits per heavy atom. The Labute approximate surface area is 157 Å². The molecule has 8 heteroatoms. The van der Waals surface area contributed by atoms with Crippen molar-refractivity contribution in [2.45, 2.75) is 83.8 Å². The summed E-state index contributed by atoms with van der Waals surface area (Å²) < 4.78 is 16.9. The van der Waals surface area contributed by atoms with Crippen LogP contribution in [0.4, 0.5) is 0 Å². The predicted octanol–water partition coefficient (Wildman–Crippen LogP) is 2.40. The Bertz CT molecular complexity index is 569. The number of carbonyl (C=O) groups is 3. The lowest BCUT2D eigenvalue weighted by atomic mass is 9.82. The average molecular weight is 388 g/mol. The van der Waals surface area contributed by atoms with E-state index < -0.39 is 38.0 Å². The molecule has 1 heterocycles. The van der Waals surface area contributed by atoms with Gasteiger partial charge in [0, 0.05) is 6.92 Å². The van der Waals surface area contributed by atoms with Crippen molar-refractivity contribution in [3.8, 4) is 0 Å². The molecular formula is C18H33NO6Si. The summed E-state index contributed by atoms with van der Waals surface area (Å²) in [6, 6.07) is 0. The third-order valence-electron chi connectivity index (χ3n) is 5.34. The summed E-state index contributed by atoms with van der Waals surface area (Å²) in [5.74, 6) is -1.75. The van der Waals surface area contributed by atoms with Crippen LogP contribution in [0.1, 0.15) is 48.0 Å². The molecule has 7 nitrogen and oxygen atoms in total. The fourth-order valence-electron chi connectivity index (χ4n) is 3.01. The average Bonchev–Trinajstić information content (AvgIpc) is 2.78. The van der Waals surface area contributed by atoms with Crippen molar-refractivity contribution >= 4 is 26.2 Å². The number of hydrogen-bond acceptors (Lipinski definition) is 6. The maximum absolute atomic E-state index is 12.9. The van der Waals surface area contributed by atoms with E-state index in [2.05, 4.69) is 26.1 Å². The van der Waals surface area contributed by atoms with Gasteiger partial charge in [-0.05, 0) is 24.1 Å². The molecule has 0 aromatic heterocycles. The van der Waals surface area contributed by atoms with Crippen LogP contribution in [0.3, 0.4) is 0 Å². The van der Waals surface area contributed by atoms with Crippen LogP contribution in [0.2, 0.25) is 18.1 Å². The van der Waals surface area contributed by atoms with E-state index in [4.69, 9.17) is 13.9 Å². The molecule has 1 amide bonds. The van der Waals surface area contributed by atoms with Crippen molar-refractivity contribution in [1.82, 2.24) is 5.32 Å². The fraction of sp³-hybridized carbons (Fsp3) is 0.833. The van der Waals surface area contributed by atoms with Crippen molar-refractivity contribution in [1.29, 1.82) is 0 Å². The molecule has 150 valence electrons. The van der Waals surface area contributed by atoms with Gasteiger partial charge < -0.3 is 19.2 Å². The lowest BCUT2D eigenvalue weighted by Gasteiger charge is -2.45. The van der Waals surface area contributed by atoms with Crippen LogP contribution in [0.5, 0.6) is 0 Å². The second-order valence-electron chi connectivity index (χ2n) is 8.75. The minimum atomic E-state index is -2.31. The quantitative estimate of drug-likeness (QED) is 0.556. The second-order valence-corrected chi connectivity index (χ2v) is 13.5. The van der Waals surface area contributed by atoms with E-state index in [0.29, 0.717) is 0 Å². The Hall–Kier alpha value is -1.41.